The van der Waals surface area contributed by atoms with E-state index in [9.17, 15) is 0 Å². The Bertz CT molecular complexity index is 256. The Morgan fingerprint density at radius 2 is 2.31 bits per heavy atom. The van der Waals surface area contributed by atoms with E-state index < -0.39 is 0 Å². The van der Waals surface area contributed by atoms with Crippen molar-refractivity contribution in [2.75, 3.05) is 26.7 Å². The van der Waals surface area contributed by atoms with E-state index in [1.54, 1.807) is 7.11 Å². The van der Waals surface area contributed by atoms with Crippen LogP contribution in [0.2, 0.25) is 0 Å². The Balaban J connectivity index is 0.00000128. The molecule has 0 bridgehead atoms. The summed E-state index contributed by atoms with van der Waals surface area (Å²) < 4.78 is 5.61. The highest BCUT2D eigenvalue weighted by molar-refractivity contribution is 14.0. The highest BCUT2D eigenvalue weighted by Gasteiger charge is 2.41. The lowest BCUT2D eigenvalue weighted by Crippen LogP contribution is -2.49. The lowest BCUT2D eigenvalue weighted by atomic mass is 10.0. The molecular formula is C11H22IN3O. The van der Waals surface area contributed by atoms with Crippen molar-refractivity contribution in [3.8, 4) is 0 Å². The molecule has 0 aromatic carbocycles. The minimum atomic E-state index is -0.0261. The van der Waals surface area contributed by atoms with E-state index in [1.165, 1.54) is 12.8 Å². The lowest BCUT2D eigenvalue weighted by molar-refractivity contribution is -0.00883. The average molecular weight is 339 g/mol. The molecular weight excluding hydrogens is 317 g/mol. The van der Waals surface area contributed by atoms with Crippen LogP contribution in [0.5, 0.6) is 0 Å². The van der Waals surface area contributed by atoms with Gasteiger partial charge in [0.15, 0.2) is 5.96 Å². The molecule has 0 aromatic rings. The topological polar surface area (TPSA) is 45.6 Å². The van der Waals surface area contributed by atoms with Gasteiger partial charge in [0, 0.05) is 26.7 Å². The van der Waals surface area contributed by atoms with Gasteiger partial charge in [-0.3, -0.25) is 4.99 Å². The van der Waals surface area contributed by atoms with Crippen LogP contribution in [0.15, 0.2) is 4.99 Å². The molecule has 2 rings (SSSR count). The first-order valence-electron chi connectivity index (χ1n) is 5.82. The summed E-state index contributed by atoms with van der Waals surface area (Å²) in [6.07, 6.45) is 3.73. The van der Waals surface area contributed by atoms with Gasteiger partial charge in [0.25, 0.3) is 0 Å². The second-order valence-corrected chi connectivity index (χ2v) is 4.66. The third-order valence-corrected chi connectivity index (χ3v) is 3.41. The van der Waals surface area contributed by atoms with Gasteiger partial charge in [-0.25, -0.2) is 0 Å². The van der Waals surface area contributed by atoms with Gasteiger partial charge in [0.2, 0.25) is 0 Å². The number of nitrogens with one attached hydrogen (secondary N) is 2. The largest absolute Gasteiger partial charge is 0.376 e. The molecule has 16 heavy (non-hydrogen) atoms. The summed E-state index contributed by atoms with van der Waals surface area (Å²) in [4.78, 5) is 4.39. The summed E-state index contributed by atoms with van der Waals surface area (Å²) in [6.45, 7) is 4.99. The number of hydrogen-bond acceptors (Lipinski definition) is 4. The maximum absolute atomic E-state index is 5.61. The fourth-order valence-corrected chi connectivity index (χ4v) is 1.99. The van der Waals surface area contributed by atoms with Gasteiger partial charge in [0.1, 0.15) is 0 Å². The molecule has 0 spiro atoms. The minimum absolute atomic E-state index is 0. The van der Waals surface area contributed by atoms with Gasteiger partial charge < -0.3 is 15.4 Å². The van der Waals surface area contributed by atoms with Crippen molar-refractivity contribution in [3.05, 3.63) is 0 Å². The molecule has 2 N–H and O–H groups in total. The highest BCUT2D eigenvalue weighted by Crippen LogP contribution is 2.41. The molecule has 1 fully saturated rings. The van der Waals surface area contributed by atoms with Crippen LogP contribution in [-0.4, -0.2) is 38.3 Å². The molecule has 2 aliphatic rings. The highest BCUT2D eigenvalue weighted by atomic mass is 127. The number of nitrogens with zero attached hydrogens (tertiary/aromatic N) is 1. The van der Waals surface area contributed by atoms with Crippen molar-refractivity contribution in [1.29, 1.82) is 0 Å². The third-order valence-electron chi connectivity index (χ3n) is 3.41. The van der Waals surface area contributed by atoms with Gasteiger partial charge in [-0.15, -0.1) is 24.0 Å². The second kappa shape index (κ2) is 6.05. The number of rotatable bonds is 4. The summed E-state index contributed by atoms with van der Waals surface area (Å²) >= 11 is 0. The monoisotopic (exact) mass is 339 g/mol. The van der Waals surface area contributed by atoms with Crippen LogP contribution in [-0.2, 0) is 4.74 Å². The zero-order valence-electron chi connectivity index (χ0n) is 10.1. The summed E-state index contributed by atoms with van der Waals surface area (Å²) in [6, 6.07) is 0. The molecule has 0 amide bonds. The predicted molar refractivity (Wildman–Crippen MR) is 76.5 cm³/mol. The predicted octanol–water partition coefficient (Wildman–Crippen LogP) is 1.36. The summed E-state index contributed by atoms with van der Waals surface area (Å²) in [5.74, 6) is 1.66. The molecule has 94 valence electrons. The van der Waals surface area contributed by atoms with Crippen molar-refractivity contribution in [3.63, 3.8) is 0 Å². The van der Waals surface area contributed by atoms with E-state index >= 15 is 0 Å². The molecule has 1 aliphatic heterocycles. The zero-order valence-corrected chi connectivity index (χ0v) is 12.4. The van der Waals surface area contributed by atoms with Gasteiger partial charge in [0.05, 0.1) is 5.60 Å². The molecule has 4 nitrogen and oxygen atoms in total. The number of hydrogen-bond donors (Lipinski definition) is 2. The number of methoxy groups -OCH3 is 1. The Hall–Kier alpha value is -0.0400. The summed E-state index contributed by atoms with van der Waals surface area (Å²) in [7, 11) is 1.80. The molecule has 1 aliphatic carbocycles. The smallest absolute Gasteiger partial charge is 0.191 e. The minimum Gasteiger partial charge on any atom is -0.376 e. The van der Waals surface area contributed by atoms with Crippen LogP contribution in [0.4, 0.5) is 0 Å². The van der Waals surface area contributed by atoms with E-state index in [0.29, 0.717) is 0 Å². The SMILES string of the molecule is COC(C)(CNC1=NCCCN1)C1CC1.I. The van der Waals surface area contributed by atoms with Gasteiger partial charge in [-0.05, 0) is 32.1 Å². The fraction of sp³-hybridized carbons (Fsp3) is 0.909. The second-order valence-electron chi connectivity index (χ2n) is 4.66. The maximum Gasteiger partial charge on any atom is 0.191 e. The molecule has 5 heteroatoms. The lowest BCUT2D eigenvalue weighted by Gasteiger charge is -2.29. The van der Waals surface area contributed by atoms with Crippen molar-refractivity contribution >= 4 is 29.9 Å². The zero-order chi connectivity index (χ0) is 10.7. The van der Waals surface area contributed by atoms with E-state index in [1.807, 2.05) is 0 Å². The Morgan fingerprint density at radius 3 is 2.81 bits per heavy atom. The molecule has 0 saturated heterocycles. The molecule has 0 radical (unpaired) electrons. The summed E-state index contributed by atoms with van der Waals surface area (Å²) in [5.41, 5.74) is -0.0261. The van der Waals surface area contributed by atoms with E-state index in [-0.39, 0.29) is 29.6 Å². The Kier molecular flexibility index (Phi) is 5.30. The van der Waals surface area contributed by atoms with Crippen LogP contribution in [0.1, 0.15) is 26.2 Å². The first-order chi connectivity index (χ1) is 7.24. The number of guanidine groups is 1. The molecule has 1 atom stereocenters. The summed E-state index contributed by atoms with van der Waals surface area (Å²) in [5, 5.41) is 6.61. The van der Waals surface area contributed by atoms with E-state index in [2.05, 4.69) is 22.5 Å². The average Bonchev–Trinajstić information content (AvgIpc) is 3.11. The van der Waals surface area contributed by atoms with Crippen LogP contribution >= 0.6 is 24.0 Å². The first-order valence-corrected chi connectivity index (χ1v) is 5.82. The number of aliphatic imine (C=N–C) groups is 1. The van der Waals surface area contributed by atoms with Crippen LogP contribution < -0.4 is 10.6 Å². The van der Waals surface area contributed by atoms with Gasteiger partial charge in [-0.1, -0.05) is 0 Å². The maximum atomic E-state index is 5.61. The molecule has 1 unspecified atom stereocenters. The van der Waals surface area contributed by atoms with Crippen LogP contribution in [0, 0.1) is 5.92 Å². The van der Waals surface area contributed by atoms with E-state index in [4.69, 9.17) is 4.74 Å². The fourth-order valence-electron chi connectivity index (χ4n) is 1.99. The van der Waals surface area contributed by atoms with Gasteiger partial charge >= 0.3 is 0 Å². The molecule has 1 saturated carbocycles. The normalized spacial score (nSPS) is 23.5. The third kappa shape index (κ3) is 3.48. The van der Waals surface area contributed by atoms with Crippen molar-refractivity contribution in [2.45, 2.75) is 31.8 Å². The van der Waals surface area contributed by atoms with Crippen molar-refractivity contribution in [1.82, 2.24) is 10.6 Å². The Morgan fingerprint density at radius 1 is 1.56 bits per heavy atom. The molecule has 0 aromatic heterocycles. The van der Waals surface area contributed by atoms with Crippen LogP contribution in [0.25, 0.3) is 0 Å². The van der Waals surface area contributed by atoms with E-state index in [0.717, 1.165) is 37.9 Å². The standard InChI is InChI=1S/C11H21N3O.HI/c1-11(15-2,9-4-5-9)8-14-10-12-6-3-7-13-10;/h9H,3-8H2,1-2H3,(H2,12,13,14);1H. The van der Waals surface area contributed by atoms with Gasteiger partial charge in [-0.2, -0.15) is 0 Å². The number of halogens is 1. The molecule has 1 heterocycles. The van der Waals surface area contributed by atoms with Crippen molar-refractivity contribution < 1.29 is 4.74 Å². The van der Waals surface area contributed by atoms with Crippen molar-refractivity contribution in [2.24, 2.45) is 10.9 Å². The Labute approximate surface area is 115 Å². The number of ether oxygens (including phenoxy) is 1. The first kappa shape index (κ1) is 14.0. The van der Waals surface area contributed by atoms with Crippen LogP contribution in [0.3, 0.4) is 0 Å². The quantitative estimate of drug-likeness (QED) is 0.761.